The largest absolute Gasteiger partial charge is 0.395 e. The first-order chi connectivity index (χ1) is 7.86. The van der Waals surface area contributed by atoms with E-state index in [1.807, 2.05) is 0 Å². The van der Waals surface area contributed by atoms with E-state index in [1.165, 1.54) is 0 Å². The zero-order valence-electron chi connectivity index (χ0n) is 11.8. The summed E-state index contributed by atoms with van der Waals surface area (Å²) in [6.07, 6.45) is 1.16. The van der Waals surface area contributed by atoms with Crippen LogP contribution in [0, 0.1) is 5.41 Å². The summed E-state index contributed by atoms with van der Waals surface area (Å²) in [6, 6.07) is 0.0948. The molecule has 1 rings (SSSR count). The first kappa shape index (κ1) is 14.9. The van der Waals surface area contributed by atoms with Crippen LogP contribution in [-0.2, 0) is 0 Å². The van der Waals surface area contributed by atoms with Gasteiger partial charge in [-0.2, -0.15) is 0 Å². The molecule has 4 heteroatoms. The summed E-state index contributed by atoms with van der Waals surface area (Å²) in [5, 5.41) is 9.63. The maximum absolute atomic E-state index is 9.63. The highest BCUT2D eigenvalue weighted by Crippen LogP contribution is 2.23. The van der Waals surface area contributed by atoms with Gasteiger partial charge in [-0.3, -0.25) is 4.90 Å². The molecule has 102 valence electrons. The molecule has 2 atom stereocenters. The molecule has 3 N–H and O–H groups in total. The van der Waals surface area contributed by atoms with Gasteiger partial charge in [-0.25, -0.2) is 0 Å². The van der Waals surface area contributed by atoms with Crippen molar-refractivity contribution in [1.29, 1.82) is 0 Å². The van der Waals surface area contributed by atoms with E-state index in [-0.39, 0.29) is 24.1 Å². The lowest BCUT2D eigenvalue weighted by Crippen LogP contribution is -2.56. The van der Waals surface area contributed by atoms with Crippen molar-refractivity contribution in [2.75, 3.05) is 39.8 Å². The molecule has 1 fully saturated rings. The van der Waals surface area contributed by atoms with E-state index in [4.69, 9.17) is 5.73 Å². The van der Waals surface area contributed by atoms with Gasteiger partial charge in [0.05, 0.1) is 6.61 Å². The van der Waals surface area contributed by atoms with Crippen LogP contribution in [0.25, 0.3) is 0 Å². The molecule has 0 radical (unpaired) electrons. The lowest BCUT2D eigenvalue weighted by Gasteiger charge is -2.39. The van der Waals surface area contributed by atoms with Crippen LogP contribution in [-0.4, -0.2) is 66.8 Å². The van der Waals surface area contributed by atoms with Crippen molar-refractivity contribution in [3.63, 3.8) is 0 Å². The quantitative estimate of drug-likeness (QED) is 0.751. The maximum atomic E-state index is 9.63. The van der Waals surface area contributed by atoms with Crippen molar-refractivity contribution in [3.8, 4) is 0 Å². The SMILES string of the molecule is CN1CCCN(C(CO)C(N)C(C)(C)C)CC1. The predicted octanol–water partition coefficient (Wildman–Crippen LogP) is 0.358. The Hall–Kier alpha value is -0.160. The van der Waals surface area contributed by atoms with Crippen molar-refractivity contribution in [2.45, 2.75) is 39.3 Å². The van der Waals surface area contributed by atoms with Crippen molar-refractivity contribution in [2.24, 2.45) is 11.1 Å². The van der Waals surface area contributed by atoms with Gasteiger partial charge in [0.2, 0.25) is 0 Å². The van der Waals surface area contributed by atoms with E-state index in [2.05, 4.69) is 37.6 Å². The van der Waals surface area contributed by atoms with E-state index in [9.17, 15) is 5.11 Å². The number of likely N-dealkylation sites (N-methyl/N-ethyl adjacent to an activating group) is 1. The standard InChI is InChI=1S/C13H29N3O/c1-13(2,3)12(14)11(10-17)16-7-5-6-15(4)8-9-16/h11-12,17H,5-10,14H2,1-4H3. The van der Waals surface area contributed by atoms with E-state index in [0.29, 0.717) is 0 Å². The Morgan fingerprint density at radius 2 is 1.82 bits per heavy atom. The van der Waals surface area contributed by atoms with Crippen LogP contribution >= 0.6 is 0 Å². The Balaban J connectivity index is 2.66. The molecular formula is C13H29N3O. The van der Waals surface area contributed by atoms with E-state index < -0.39 is 0 Å². The summed E-state index contributed by atoms with van der Waals surface area (Å²) in [5.41, 5.74) is 6.34. The lowest BCUT2D eigenvalue weighted by atomic mass is 9.82. The van der Waals surface area contributed by atoms with E-state index >= 15 is 0 Å². The summed E-state index contributed by atoms with van der Waals surface area (Å²) >= 11 is 0. The highest BCUT2D eigenvalue weighted by molar-refractivity contribution is 4.90. The highest BCUT2D eigenvalue weighted by Gasteiger charge is 2.32. The fraction of sp³-hybridized carbons (Fsp3) is 1.00. The van der Waals surface area contributed by atoms with Crippen molar-refractivity contribution in [3.05, 3.63) is 0 Å². The van der Waals surface area contributed by atoms with Gasteiger partial charge in [0.1, 0.15) is 0 Å². The molecule has 1 aliphatic rings. The molecule has 0 spiro atoms. The molecule has 2 unspecified atom stereocenters. The second-order valence-corrected chi connectivity index (χ2v) is 6.33. The minimum absolute atomic E-state index is 0.0101. The molecule has 0 saturated carbocycles. The monoisotopic (exact) mass is 243 g/mol. The van der Waals surface area contributed by atoms with Crippen LogP contribution in [0.1, 0.15) is 27.2 Å². The fourth-order valence-electron chi connectivity index (χ4n) is 2.43. The van der Waals surface area contributed by atoms with E-state index in [0.717, 1.165) is 32.6 Å². The predicted molar refractivity (Wildman–Crippen MR) is 72.0 cm³/mol. The molecule has 1 saturated heterocycles. The van der Waals surface area contributed by atoms with Crippen molar-refractivity contribution >= 4 is 0 Å². The molecule has 0 aliphatic carbocycles. The fourth-order valence-corrected chi connectivity index (χ4v) is 2.43. The summed E-state index contributed by atoms with van der Waals surface area (Å²) in [7, 11) is 2.15. The smallest absolute Gasteiger partial charge is 0.0602 e. The van der Waals surface area contributed by atoms with Crippen LogP contribution in [0.5, 0.6) is 0 Å². The molecule has 0 bridgehead atoms. The normalized spacial score (nSPS) is 24.4. The number of hydrogen-bond acceptors (Lipinski definition) is 4. The average molecular weight is 243 g/mol. The summed E-state index contributed by atoms with van der Waals surface area (Å²) in [6.45, 7) is 10.8. The Morgan fingerprint density at radius 1 is 1.18 bits per heavy atom. The molecule has 0 aromatic heterocycles. The molecule has 0 amide bonds. The second kappa shape index (κ2) is 6.14. The number of hydrogen-bond donors (Lipinski definition) is 2. The van der Waals surface area contributed by atoms with E-state index in [1.54, 1.807) is 0 Å². The van der Waals surface area contributed by atoms with Crippen LogP contribution in [0.15, 0.2) is 0 Å². The molecule has 0 aromatic rings. The highest BCUT2D eigenvalue weighted by atomic mass is 16.3. The average Bonchev–Trinajstić information content (AvgIpc) is 2.43. The molecule has 1 heterocycles. The molecule has 0 aromatic carbocycles. The van der Waals surface area contributed by atoms with Crippen LogP contribution in [0.3, 0.4) is 0 Å². The topological polar surface area (TPSA) is 52.7 Å². The zero-order chi connectivity index (χ0) is 13.1. The van der Waals surface area contributed by atoms with Crippen LogP contribution in [0.4, 0.5) is 0 Å². The number of aliphatic hydroxyl groups excluding tert-OH is 1. The van der Waals surface area contributed by atoms with Gasteiger partial charge >= 0.3 is 0 Å². The summed E-state index contributed by atoms with van der Waals surface area (Å²) in [5.74, 6) is 0. The lowest BCUT2D eigenvalue weighted by molar-refractivity contribution is 0.0737. The van der Waals surface area contributed by atoms with Gasteiger partial charge in [0, 0.05) is 25.2 Å². The second-order valence-electron chi connectivity index (χ2n) is 6.33. The van der Waals surface area contributed by atoms with Gasteiger partial charge in [-0.1, -0.05) is 20.8 Å². The number of aliphatic hydroxyl groups is 1. The Kier molecular flexibility index (Phi) is 5.38. The van der Waals surface area contributed by atoms with Gasteiger partial charge in [-0.05, 0) is 32.0 Å². The Labute approximate surface area is 106 Å². The number of nitrogens with two attached hydrogens (primary N) is 1. The minimum Gasteiger partial charge on any atom is -0.395 e. The maximum Gasteiger partial charge on any atom is 0.0602 e. The van der Waals surface area contributed by atoms with Gasteiger partial charge in [0.15, 0.2) is 0 Å². The zero-order valence-corrected chi connectivity index (χ0v) is 11.8. The molecule has 4 nitrogen and oxygen atoms in total. The summed E-state index contributed by atoms with van der Waals surface area (Å²) < 4.78 is 0. The van der Waals surface area contributed by atoms with Gasteiger partial charge in [0.25, 0.3) is 0 Å². The third-order valence-electron chi connectivity index (χ3n) is 3.82. The van der Waals surface area contributed by atoms with Gasteiger partial charge in [-0.15, -0.1) is 0 Å². The molecule has 17 heavy (non-hydrogen) atoms. The summed E-state index contributed by atoms with van der Waals surface area (Å²) in [4.78, 5) is 4.70. The van der Waals surface area contributed by atoms with Crippen molar-refractivity contribution in [1.82, 2.24) is 9.80 Å². The first-order valence-electron chi connectivity index (χ1n) is 6.65. The van der Waals surface area contributed by atoms with Crippen LogP contribution in [0.2, 0.25) is 0 Å². The third kappa shape index (κ3) is 4.21. The molecule has 1 aliphatic heterocycles. The van der Waals surface area contributed by atoms with Crippen LogP contribution < -0.4 is 5.73 Å². The Morgan fingerprint density at radius 3 is 2.35 bits per heavy atom. The minimum atomic E-state index is 0.0101. The van der Waals surface area contributed by atoms with Crippen molar-refractivity contribution < 1.29 is 5.11 Å². The number of rotatable bonds is 3. The van der Waals surface area contributed by atoms with Gasteiger partial charge < -0.3 is 15.7 Å². The Bertz CT molecular complexity index is 227. The first-order valence-corrected chi connectivity index (χ1v) is 6.65. The number of nitrogens with zero attached hydrogens (tertiary/aromatic N) is 2. The third-order valence-corrected chi connectivity index (χ3v) is 3.82. The molecular weight excluding hydrogens is 214 g/mol.